The van der Waals surface area contributed by atoms with Gasteiger partial charge in [-0.1, -0.05) is 48.0 Å². The van der Waals surface area contributed by atoms with Gasteiger partial charge in [0.05, 0.1) is 10.5 Å². The fraction of sp³-hybridized carbons (Fsp3) is 0.0625. The number of nitro benzene ring substituents is 1. The van der Waals surface area contributed by atoms with Crippen LogP contribution in [0.2, 0.25) is 0 Å². The minimum absolute atomic E-state index is 0.0980. The van der Waals surface area contributed by atoms with Gasteiger partial charge in [0.15, 0.2) is 5.78 Å². The van der Waals surface area contributed by atoms with Gasteiger partial charge < -0.3 is 0 Å². The number of ketones is 1. The summed E-state index contributed by atoms with van der Waals surface area (Å²) in [6.07, 6.45) is 3.01. The average molecular weight is 267 g/mol. The van der Waals surface area contributed by atoms with E-state index in [1.807, 2.05) is 31.2 Å². The lowest BCUT2D eigenvalue weighted by atomic mass is 10.1. The molecule has 20 heavy (non-hydrogen) atoms. The summed E-state index contributed by atoms with van der Waals surface area (Å²) in [7, 11) is 0. The van der Waals surface area contributed by atoms with Gasteiger partial charge in [0, 0.05) is 6.07 Å². The first-order valence-electron chi connectivity index (χ1n) is 6.10. The van der Waals surface area contributed by atoms with Gasteiger partial charge in [0.1, 0.15) is 0 Å². The Morgan fingerprint density at radius 2 is 1.75 bits per heavy atom. The van der Waals surface area contributed by atoms with Gasteiger partial charge in [-0.2, -0.15) is 0 Å². The zero-order chi connectivity index (χ0) is 14.5. The number of nitrogens with zero attached hydrogens (tertiary/aromatic N) is 1. The lowest BCUT2D eigenvalue weighted by Gasteiger charge is -1.98. The average Bonchev–Trinajstić information content (AvgIpc) is 2.46. The van der Waals surface area contributed by atoms with Gasteiger partial charge in [-0.15, -0.1) is 0 Å². The van der Waals surface area contributed by atoms with Gasteiger partial charge in [-0.05, 0) is 24.6 Å². The van der Waals surface area contributed by atoms with Crippen LogP contribution < -0.4 is 0 Å². The summed E-state index contributed by atoms with van der Waals surface area (Å²) in [5.41, 5.74) is 1.93. The second-order valence-corrected chi connectivity index (χ2v) is 4.38. The second-order valence-electron chi connectivity index (χ2n) is 4.38. The van der Waals surface area contributed by atoms with Crippen LogP contribution in [0.25, 0.3) is 6.08 Å². The highest BCUT2D eigenvalue weighted by Crippen LogP contribution is 2.19. The van der Waals surface area contributed by atoms with E-state index in [-0.39, 0.29) is 17.0 Å². The lowest BCUT2D eigenvalue weighted by molar-refractivity contribution is -0.385. The SMILES string of the molecule is Cc1ccc(/C=C/C(=O)c2ccccc2[N+](=O)[O-])cc1. The molecular weight excluding hydrogens is 254 g/mol. The number of para-hydroxylation sites is 1. The van der Waals surface area contributed by atoms with Crippen LogP contribution in [-0.4, -0.2) is 10.7 Å². The number of rotatable bonds is 4. The third kappa shape index (κ3) is 3.17. The summed E-state index contributed by atoms with van der Waals surface area (Å²) < 4.78 is 0. The first-order chi connectivity index (χ1) is 9.58. The van der Waals surface area contributed by atoms with E-state index in [1.165, 1.54) is 18.2 Å². The van der Waals surface area contributed by atoms with E-state index in [9.17, 15) is 14.9 Å². The zero-order valence-electron chi connectivity index (χ0n) is 10.9. The molecule has 0 N–H and O–H groups in total. The van der Waals surface area contributed by atoms with Crippen LogP contribution >= 0.6 is 0 Å². The molecule has 0 bridgehead atoms. The molecule has 0 aliphatic carbocycles. The third-order valence-corrected chi connectivity index (χ3v) is 2.87. The summed E-state index contributed by atoms with van der Waals surface area (Å²) in [5, 5.41) is 10.9. The monoisotopic (exact) mass is 267 g/mol. The number of aryl methyl sites for hydroxylation is 1. The summed E-state index contributed by atoms with van der Waals surface area (Å²) >= 11 is 0. The van der Waals surface area contributed by atoms with Crippen molar-refractivity contribution in [3.63, 3.8) is 0 Å². The molecule has 0 fully saturated rings. The molecule has 100 valence electrons. The maximum absolute atomic E-state index is 12.0. The van der Waals surface area contributed by atoms with Gasteiger partial charge in [-0.3, -0.25) is 14.9 Å². The quantitative estimate of drug-likeness (QED) is 0.366. The molecule has 0 heterocycles. The Kier molecular flexibility index (Phi) is 4.05. The molecule has 0 spiro atoms. The molecule has 4 nitrogen and oxygen atoms in total. The van der Waals surface area contributed by atoms with Gasteiger partial charge in [0.2, 0.25) is 0 Å². The van der Waals surface area contributed by atoms with Crippen LogP contribution in [0.4, 0.5) is 5.69 Å². The van der Waals surface area contributed by atoms with Crippen LogP contribution in [-0.2, 0) is 0 Å². The van der Waals surface area contributed by atoms with Crippen molar-refractivity contribution in [1.29, 1.82) is 0 Å². The van der Waals surface area contributed by atoms with Crippen molar-refractivity contribution in [3.8, 4) is 0 Å². The minimum atomic E-state index is -0.549. The second kappa shape index (κ2) is 5.93. The van der Waals surface area contributed by atoms with Crippen molar-refractivity contribution in [3.05, 3.63) is 81.4 Å². The Hall–Kier alpha value is -2.75. The summed E-state index contributed by atoms with van der Waals surface area (Å²) in [6.45, 7) is 1.98. The van der Waals surface area contributed by atoms with Crippen molar-refractivity contribution >= 4 is 17.5 Å². The summed E-state index contributed by atoms with van der Waals surface area (Å²) in [5.74, 6) is -0.377. The number of carbonyl (C=O) groups excluding carboxylic acids is 1. The number of hydrogen-bond donors (Lipinski definition) is 0. The van der Waals surface area contributed by atoms with E-state index in [4.69, 9.17) is 0 Å². The largest absolute Gasteiger partial charge is 0.289 e. The Balaban J connectivity index is 2.24. The van der Waals surface area contributed by atoms with E-state index >= 15 is 0 Å². The molecule has 0 aromatic heterocycles. The fourth-order valence-electron chi connectivity index (χ4n) is 1.78. The summed E-state index contributed by atoms with van der Waals surface area (Å²) in [6, 6.07) is 13.6. The van der Waals surface area contributed by atoms with Crippen LogP contribution in [0.3, 0.4) is 0 Å². The molecule has 0 amide bonds. The number of carbonyl (C=O) groups is 1. The first-order valence-corrected chi connectivity index (χ1v) is 6.10. The predicted octanol–water partition coefficient (Wildman–Crippen LogP) is 3.80. The highest BCUT2D eigenvalue weighted by molar-refractivity contribution is 6.09. The maximum atomic E-state index is 12.0. The van der Waals surface area contributed by atoms with Crippen LogP contribution in [0.1, 0.15) is 21.5 Å². The molecule has 0 atom stereocenters. The maximum Gasteiger partial charge on any atom is 0.280 e. The fourth-order valence-corrected chi connectivity index (χ4v) is 1.78. The van der Waals surface area contributed by atoms with Crippen LogP contribution in [0.5, 0.6) is 0 Å². The molecule has 0 saturated heterocycles. The van der Waals surface area contributed by atoms with E-state index in [0.29, 0.717) is 0 Å². The van der Waals surface area contributed by atoms with Crippen molar-refractivity contribution in [2.45, 2.75) is 6.92 Å². The highest BCUT2D eigenvalue weighted by Gasteiger charge is 2.16. The van der Waals surface area contributed by atoms with E-state index in [0.717, 1.165) is 11.1 Å². The molecule has 2 aromatic carbocycles. The molecule has 0 aliphatic heterocycles. The third-order valence-electron chi connectivity index (χ3n) is 2.87. The Morgan fingerprint density at radius 3 is 2.40 bits per heavy atom. The van der Waals surface area contributed by atoms with Gasteiger partial charge in [-0.25, -0.2) is 0 Å². The van der Waals surface area contributed by atoms with Crippen molar-refractivity contribution in [2.75, 3.05) is 0 Å². The molecule has 0 saturated carbocycles. The van der Waals surface area contributed by atoms with Crippen LogP contribution in [0, 0.1) is 17.0 Å². The van der Waals surface area contributed by atoms with Crippen LogP contribution in [0.15, 0.2) is 54.6 Å². The normalized spacial score (nSPS) is 10.7. The molecule has 4 heteroatoms. The Morgan fingerprint density at radius 1 is 1.10 bits per heavy atom. The number of hydrogen-bond acceptors (Lipinski definition) is 3. The Bertz CT molecular complexity index is 672. The van der Waals surface area contributed by atoms with Gasteiger partial charge >= 0.3 is 0 Å². The van der Waals surface area contributed by atoms with E-state index in [1.54, 1.807) is 18.2 Å². The number of allylic oxidation sites excluding steroid dienone is 1. The molecular formula is C16H13NO3. The van der Waals surface area contributed by atoms with Crippen molar-refractivity contribution in [2.24, 2.45) is 0 Å². The van der Waals surface area contributed by atoms with Crippen molar-refractivity contribution in [1.82, 2.24) is 0 Å². The van der Waals surface area contributed by atoms with E-state index in [2.05, 4.69) is 0 Å². The van der Waals surface area contributed by atoms with E-state index < -0.39 is 4.92 Å². The zero-order valence-corrected chi connectivity index (χ0v) is 10.9. The Labute approximate surface area is 116 Å². The lowest BCUT2D eigenvalue weighted by Crippen LogP contribution is -2.00. The molecule has 0 radical (unpaired) electrons. The van der Waals surface area contributed by atoms with Gasteiger partial charge in [0.25, 0.3) is 5.69 Å². The smallest absolute Gasteiger partial charge is 0.280 e. The highest BCUT2D eigenvalue weighted by atomic mass is 16.6. The summed E-state index contributed by atoms with van der Waals surface area (Å²) in [4.78, 5) is 22.3. The van der Waals surface area contributed by atoms with Crippen molar-refractivity contribution < 1.29 is 9.72 Å². The number of benzene rings is 2. The molecule has 2 rings (SSSR count). The molecule has 2 aromatic rings. The standard InChI is InChI=1S/C16H13NO3/c1-12-6-8-13(9-7-12)10-11-16(18)14-4-2-3-5-15(14)17(19)20/h2-11H,1H3/b11-10+. The molecule has 0 unspecified atom stereocenters. The number of nitro groups is 1. The molecule has 0 aliphatic rings. The minimum Gasteiger partial charge on any atom is -0.289 e. The first kappa shape index (κ1) is 13.7. The predicted molar refractivity (Wildman–Crippen MR) is 77.6 cm³/mol. The topological polar surface area (TPSA) is 60.2 Å².